The highest BCUT2D eigenvalue weighted by Gasteiger charge is 2.35. The highest BCUT2D eigenvalue weighted by molar-refractivity contribution is 7.18. The standard InChI is InChI=1S/C23H23N3O5S/c1-5-6-9-26-21(28)15-8-7-14(10-16(15)22(26)29)23(30)31-12(3)18-24-19(27)17-11(2)13(4)32-20(17)25-18/h7-8,10,12H,5-6,9H2,1-4H3,(H,24,25,27). The molecule has 1 aliphatic heterocycles. The topological polar surface area (TPSA) is 109 Å². The Kier molecular flexibility index (Phi) is 5.68. The van der Waals surface area contributed by atoms with Crippen LogP contribution in [0.15, 0.2) is 23.0 Å². The van der Waals surface area contributed by atoms with Crippen molar-refractivity contribution >= 4 is 39.3 Å². The molecule has 8 nitrogen and oxygen atoms in total. The molecule has 0 radical (unpaired) electrons. The van der Waals surface area contributed by atoms with Crippen LogP contribution in [0.3, 0.4) is 0 Å². The Morgan fingerprint density at radius 3 is 2.62 bits per heavy atom. The zero-order valence-corrected chi connectivity index (χ0v) is 19.1. The van der Waals surface area contributed by atoms with Crippen LogP contribution in [-0.4, -0.2) is 39.2 Å². The van der Waals surface area contributed by atoms with E-state index >= 15 is 0 Å². The largest absolute Gasteiger partial charge is 0.451 e. The number of aromatic nitrogens is 2. The number of thiophene rings is 1. The molecular formula is C23H23N3O5S. The summed E-state index contributed by atoms with van der Waals surface area (Å²) in [5, 5.41) is 0.546. The van der Waals surface area contributed by atoms with E-state index in [4.69, 9.17) is 4.74 Å². The van der Waals surface area contributed by atoms with Crippen molar-refractivity contribution < 1.29 is 19.1 Å². The van der Waals surface area contributed by atoms with E-state index in [1.807, 2.05) is 20.8 Å². The van der Waals surface area contributed by atoms with Crippen LogP contribution in [0.1, 0.15) is 80.1 Å². The van der Waals surface area contributed by atoms with Crippen LogP contribution in [0.5, 0.6) is 0 Å². The number of hydrogen-bond acceptors (Lipinski definition) is 7. The number of imide groups is 1. The second-order valence-electron chi connectivity index (χ2n) is 7.84. The van der Waals surface area contributed by atoms with E-state index in [1.165, 1.54) is 34.4 Å². The van der Waals surface area contributed by atoms with E-state index in [0.717, 1.165) is 23.3 Å². The van der Waals surface area contributed by atoms with E-state index < -0.39 is 18.0 Å². The summed E-state index contributed by atoms with van der Waals surface area (Å²) in [6.45, 7) is 7.74. The number of aryl methyl sites for hydroxylation is 2. The Morgan fingerprint density at radius 1 is 1.19 bits per heavy atom. The number of ether oxygens (including phenoxy) is 1. The number of benzene rings is 1. The van der Waals surface area contributed by atoms with Crippen LogP contribution in [0.4, 0.5) is 0 Å². The van der Waals surface area contributed by atoms with Gasteiger partial charge >= 0.3 is 5.97 Å². The van der Waals surface area contributed by atoms with E-state index in [2.05, 4.69) is 9.97 Å². The SMILES string of the molecule is CCCCN1C(=O)c2ccc(C(=O)OC(C)c3nc4sc(C)c(C)c4c(=O)[nH]3)cc2C1=O. The van der Waals surface area contributed by atoms with Gasteiger partial charge in [-0.25, -0.2) is 9.78 Å². The number of unbranched alkanes of at least 4 members (excludes halogenated alkanes) is 1. The first-order valence-corrected chi connectivity index (χ1v) is 11.3. The first-order valence-electron chi connectivity index (χ1n) is 10.4. The number of H-pyrrole nitrogens is 1. The number of rotatable bonds is 6. The van der Waals surface area contributed by atoms with Gasteiger partial charge in [0.1, 0.15) is 4.83 Å². The molecule has 0 bridgehead atoms. The van der Waals surface area contributed by atoms with Gasteiger partial charge in [0, 0.05) is 11.4 Å². The number of esters is 1. The molecule has 32 heavy (non-hydrogen) atoms. The normalized spacial score (nSPS) is 14.2. The van der Waals surface area contributed by atoms with E-state index in [-0.39, 0.29) is 34.0 Å². The predicted octanol–water partition coefficient (Wildman–Crippen LogP) is 3.92. The van der Waals surface area contributed by atoms with E-state index in [1.54, 1.807) is 6.92 Å². The number of fused-ring (bicyclic) bond motifs is 2. The number of aromatic amines is 1. The molecule has 0 saturated carbocycles. The number of nitrogens with one attached hydrogen (secondary N) is 1. The van der Waals surface area contributed by atoms with Gasteiger partial charge < -0.3 is 9.72 Å². The van der Waals surface area contributed by atoms with Crippen LogP contribution in [0, 0.1) is 13.8 Å². The molecule has 1 N–H and O–H groups in total. The smallest absolute Gasteiger partial charge is 0.338 e. The van der Waals surface area contributed by atoms with E-state index in [0.29, 0.717) is 16.8 Å². The molecule has 0 saturated heterocycles. The molecule has 166 valence electrons. The molecule has 0 aliphatic carbocycles. The summed E-state index contributed by atoms with van der Waals surface area (Å²) in [6, 6.07) is 4.34. The Bertz CT molecular complexity index is 1320. The summed E-state index contributed by atoms with van der Waals surface area (Å²) in [6.07, 6.45) is 0.764. The third-order valence-corrected chi connectivity index (χ3v) is 6.77. The van der Waals surface area contributed by atoms with E-state index in [9.17, 15) is 19.2 Å². The fourth-order valence-electron chi connectivity index (χ4n) is 3.69. The third kappa shape index (κ3) is 3.62. The molecule has 1 unspecified atom stereocenters. The minimum atomic E-state index is -0.811. The fraction of sp³-hybridized carbons (Fsp3) is 0.348. The van der Waals surface area contributed by atoms with Crippen LogP contribution in [-0.2, 0) is 4.74 Å². The molecule has 1 atom stereocenters. The van der Waals surface area contributed by atoms with Crippen molar-refractivity contribution in [2.24, 2.45) is 0 Å². The lowest BCUT2D eigenvalue weighted by molar-refractivity contribution is 0.0320. The van der Waals surface area contributed by atoms with Crippen molar-refractivity contribution in [3.05, 3.63) is 61.5 Å². The summed E-state index contributed by atoms with van der Waals surface area (Å²) >= 11 is 1.41. The highest BCUT2D eigenvalue weighted by Crippen LogP contribution is 2.28. The number of hydrogen-bond donors (Lipinski definition) is 1. The molecule has 1 aliphatic rings. The minimum absolute atomic E-state index is 0.153. The summed E-state index contributed by atoms with van der Waals surface area (Å²) in [7, 11) is 0. The minimum Gasteiger partial charge on any atom is -0.451 e. The Morgan fingerprint density at radius 2 is 1.91 bits per heavy atom. The Balaban J connectivity index is 1.56. The highest BCUT2D eigenvalue weighted by atomic mass is 32.1. The summed E-state index contributed by atoms with van der Waals surface area (Å²) in [5.41, 5.74) is 1.26. The number of amides is 2. The van der Waals surface area contributed by atoms with Gasteiger partial charge in [0.2, 0.25) is 0 Å². The van der Waals surface area contributed by atoms with Crippen molar-refractivity contribution in [1.29, 1.82) is 0 Å². The molecule has 3 heterocycles. The molecule has 9 heteroatoms. The van der Waals surface area contributed by atoms with Gasteiger partial charge in [0.05, 0.1) is 22.1 Å². The lowest BCUT2D eigenvalue weighted by Crippen LogP contribution is -2.30. The van der Waals surface area contributed by atoms with Gasteiger partial charge in [-0.05, 0) is 51.0 Å². The molecule has 4 rings (SSSR count). The van der Waals surface area contributed by atoms with Crippen molar-refractivity contribution in [3.8, 4) is 0 Å². The number of nitrogens with zero attached hydrogens (tertiary/aromatic N) is 2. The third-order valence-electron chi connectivity index (χ3n) is 5.67. The average Bonchev–Trinajstić information content (AvgIpc) is 3.19. The maximum Gasteiger partial charge on any atom is 0.338 e. The maximum absolute atomic E-state index is 12.7. The van der Waals surface area contributed by atoms with Gasteiger partial charge in [-0.15, -0.1) is 11.3 Å². The molecule has 2 aromatic heterocycles. The Hall–Kier alpha value is -3.33. The molecule has 0 fully saturated rings. The van der Waals surface area contributed by atoms with Crippen molar-refractivity contribution in [3.63, 3.8) is 0 Å². The second-order valence-corrected chi connectivity index (χ2v) is 9.04. The molecule has 3 aromatic rings. The fourth-order valence-corrected chi connectivity index (χ4v) is 4.72. The lowest BCUT2D eigenvalue weighted by Gasteiger charge is -2.13. The molecule has 0 spiro atoms. The van der Waals surface area contributed by atoms with Gasteiger partial charge in [0.15, 0.2) is 11.9 Å². The second kappa shape index (κ2) is 8.31. The predicted molar refractivity (Wildman–Crippen MR) is 120 cm³/mol. The van der Waals surface area contributed by atoms with Gasteiger partial charge in [-0.2, -0.15) is 0 Å². The summed E-state index contributed by atoms with van der Waals surface area (Å²) < 4.78 is 5.50. The maximum atomic E-state index is 12.7. The van der Waals surface area contributed by atoms with Gasteiger partial charge in [0.25, 0.3) is 17.4 Å². The number of carbonyl (C=O) groups excluding carboxylic acids is 3. The monoisotopic (exact) mass is 453 g/mol. The Labute approximate surface area is 188 Å². The summed E-state index contributed by atoms with van der Waals surface area (Å²) in [4.78, 5) is 60.3. The van der Waals surface area contributed by atoms with Crippen molar-refractivity contribution in [2.75, 3.05) is 6.54 Å². The lowest BCUT2D eigenvalue weighted by atomic mass is 10.1. The van der Waals surface area contributed by atoms with Crippen molar-refractivity contribution in [2.45, 2.75) is 46.6 Å². The van der Waals surface area contributed by atoms with Crippen LogP contribution >= 0.6 is 11.3 Å². The van der Waals surface area contributed by atoms with Crippen LogP contribution < -0.4 is 5.56 Å². The molecule has 2 amide bonds. The zero-order valence-electron chi connectivity index (χ0n) is 18.3. The van der Waals surface area contributed by atoms with Gasteiger partial charge in [-0.1, -0.05) is 13.3 Å². The zero-order chi connectivity index (χ0) is 23.2. The first-order chi connectivity index (χ1) is 15.2. The average molecular weight is 454 g/mol. The molecule has 1 aromatic carbocycles. The van der Waals surface area contributed by atoms with Crippen LogP contribution in [0.25, 0.3) is 10.2 Å². The molecular weight excluding hydrogens is 430 g/mol. The van der Waals surface area contributed by atoms with Crippen molar-refractivity contribution in [1.82, 2.24) is 14.9 Å². The van der Waals surface area contributed by atoms with Crippen LogP contribution in [0.2, 0.25) is 0 Å². The summed E-state index contributed by atoms with van der Waals surface area (Å²) in [5.74, 6) is -1.17. The van der Waals surface area contributed by atoms with Gasteiger partial charge in [-0.3, -0.25) is 19.3 Å². The number of carbonyl (C=O) groups is 3. The first kappa shape index (κ1) is 21.9. The quantitative estimate of drug-likeness (QED) is 0.448.